The van der Waals surface area contributed by atoms with E-state index in [4.69, 9.17) is 14.3 Å². The van der Waals surface area contributed by atoms with Crippen molar-refractivity contribution >= 4 is 5.91 Å². The van der Waals surface area contributed by atoms with Crippen LogP contribution in [0.5, 0.6) is 5.75 Å². The number of nitrogens with zero attached hydrogens (tertiary/aromatic N) is 4. The Kier molecular flexibility index (Phi) is 6.49. The molecule has 2 aromatic carbocycles. The van der Waals surface area contributed by atoms with E-state index in [1.165, 1.54) is 0 Å². The first-order valence-electron chi connectivity index (χ1n) is 11.2. The fourth-order valence-corrected chi connectivity index (χ4v) is 3.58. The van der Waals surface area contributed by atoms with Crippen molar-refractivity contribution in [3.8, 4) is 34.3 Å². The molecule has 0 saturated carbocycles. The van der Waals surface area contributed by atoms with Crippen LogP contribution in [0, 0.1) is 19.8 Å². The van der Waals surface area contributed by atoms with E-state index in [0.29, 0.717) is 29.0 Å². The maximum atomic E-state index is 12.6. The third-order valence-electron chi connectivity index (χ3n) is 5.95. The first-order valence-corrected chi connectivity index (χ1v) is 11.2. The maximum Gasteiger partial charge on any atom is 0.268 e. The van der Waals surface area contributed by atoms with Gasteiger partial charge in [-0.1, -0.05) is 13.8 Å². The summed E-state index contributed by atoms with van der Waals surface area (Å²) in [5, 5.41) is 16.0. The second-order valence-corrected chi connectivity index (χ2v) is 8.64. The summed E-state index contributed by atoms with van der Waals surface area (Å²) < 4.78 is 12.8. The van der Waals surface area contributed by atoms with Gasteiger partial charge in [0, 0.05) is 29.7 Å². The van der Waals surface area contributed by atoms with Crippen molar-refractivity contribution in [3.05, 3.63) is 65.5 Å². The van der Waals surface area contributed by atoms with Crippen LogP contribution in [0.3, 0.4) is 0 Å². The lowest BCUT2D eigenvalue weighted by Gasteiger charge is -2.17. The maximum absolute atomic E-state index is 12.6. The third-order valence-corrected chi connectivity index (χ3v) is 5.95. The van der Waals surface area contributed by atoms with Crippen LogP contribution in [0.1, 0.15) is 42.6 Å². The quantitative estimate of drug-likeness (QED) is 0.418. The molecular weight excluding hydrogens is 430 g/mol. The van der Waals surface area contributed by atoms with Gasteiger partial charge in [0.05, 0.1) is 18.5 Å². The second-order valence-electron chi connectivity index (χ2n) is 8.64. The zero-order valence-electron chi connectivity index (χ0n) is 20.3. The Balaban J connectivity index is 1.76. The molecule has 0 aliphatic heterocycles. The highest BCUT2D eigenvalue weighted by atomic mass is 16.5. The van der Waals surface area contributed by atoms with Crippen molar-refractivity contribution in [3.63, 3.8) is 0 Å². The molecule has 8 heteroatoms. The Morgan fingerprint density at radius 3 is 2.24 bits per heavy atom. The van der Waals surface area contributed by atoms with Crippen molar-refractivity contribution in [2.24, 2.45) is 5.92 Å². The SMILES string of the molecule is COc1ccc(-c2c(C)c(-c3nnc(C)o3)nn2-c2ccc(C(=O)NC(C)C(C)C)cc2)cc1. The van der Waals surface area contributed by atoms with Gasteiger partial charge < -0.3 is 14.5 Å². The molecule has 0 aliphatic carbocycles. The van der Waals surface area contributed by atoms with Gasteiger partial charge in [0.25, 0.3) is 11.8 Å². The van der Waals surface area contributed by atoms with E-state index in [0.717, 1.165) is 28.3 Å². The number of methoxy groups -OCH3 is 1. The van der Waals surface area contributed by atoms with Crippen LogP contribution in [-0.4, -0.2) is 39.0 Å². The van der Waals surface area contributed by atoms with E-state index in [1.54, 1.807) is 14.0 Å². The Hall–Kier alpha value is -3.94. The predicted octanol–water partition coefficient (Wildman–Crippen LogP) is 4.99. The monoisotopic (exact) mass is 459 g/mol. The minimum atomic E-state index is -0.0956. The van der Waals surface area contributed by atoms with E-state index in [1.807, 2.05) is 67.1 Å². The molecule has 0 saturated heterocycles. The van der Waals surface area contributed by atoms with Crippen LogP contribution in [0.15, 0.2) is 52.9 Å². The van der Waals surface area contributed by atoms with Crippen LogP contribution in [0.2, 0.25) is 0 Å². The number of carbonyl (C=O) groups is 1. The molecule has 0 aliphatic rings. The first kappa shape index (κ1) is 23.2. The number of hydrogen-bond acceptors (Lipinski definition) is 6. The zero-order valence-corrected chi connectivity index (χ0v) is 20.3. The van der Waals surface area contributed by atoms with Gasteiger partial charge in [0.15, 0.2) is 5.69 Å². The van der Waals surface area contributed by atoms with Gasteiger partial charge in [0.2, 0.25) is 5.89 Å². The molecule has 4 rings (SSSR count). The molecule has 1 unspecified atom stereocenters. The van der Waals surface area contributed by atoms with Gasteiger partial charge in [0.1, 0.15) is 5.75 Å². The Morgan fingerprint density at radius 1 is 1.00 bits per heavy atom. The highest BCUT2D eigenvalue weighted by molar-refractivity contribution is 5.94. The lowest BCUT2D eigenvalue weighted by atomic mass is 10.1. The van der Waals surface area contributed by atoms with E-state index in [-0.39, 0.29) is 11.9 Å². The number of amides is 1. The molecule has 4 aromatic rings. The number of hydrogen-bond donors (Lipinski definition) is 1. The van der Waals surface area contributed by atoms with Crippen molar-refractivity contribution in [1.29, 1.82) is 0 Å². The number of aryl methyl sites for hydroxylation is 1. The number of ether oxygens (including phenoxy) is 1. The molecule has 34 heavy (non-hydrogen) atoms. The summed E-state index contributed by atoms with van der Waals surface area (Å²) in [4.78, 5) is 12.6. The zero-order chi connectivity index (χ0) is 24.4. The van der Waals surface area contributed by atoms with Crippen LogP contribution < -0.4 is 10.1 Å². The van der Waals surface area contributed by atoms with E-state index in [2.05, 4.69) is 29.4 Å². The molecule has 2 aromatic heterocycles. The summed E-state index contributed by atoms with van der Waals surface area (Å²) in [6.07, 6.45) is 0. The number of carbonyl (C=O) groups excluding carboxylic acids is 1. The Bertz CT molecular complexity index is 1290. The van der Waals surface area contributed by atoms with Crippen LogP contribution in [0.25, 0.3) is 28.5 Å². The first-order chi connectivity index (χ1) is 16.3. The molecule has 1 atom stereocenters. The predicted molar refractivity (Wildman–Crippen MR) is 130 cm³/mol. The highest BCUT2D eigenvalue weighted by Gasteiger charge is 2.22. The third kappa shape index (κ3) is 4.57. The normalized spacial score (nSPS) is 12.1. The van der Waals surface area contributed by atoms with Gasteiger partial charge >= 0.3 is 0 Å². The minimum absolute atomic E-state index is 0.0861. The van der Waals surface area contributed by atoms with Gasteiger partial charge in [-0.05, 0) is 68.3 Å². The highest BCUT2D eigenvalue weighted by Crippen LogP contribution is 2.34. The summed E-state index contributed by atoms with van der Waals surface area (Å²) in [6.45, 7) is 9.89. The largest absolute Gasteiger partial charge is 0.497 e. The average molecular weight is 460 g/mol. The summed E-state index contributed by atoms with van der Waals surface area (Å²) >= 11 is 0. The van der Waals surface area contributed by atoms with Gasteiger partial charge in [-0.3, -0.25) is 4.79 Å². The molecule has 1 N–H and O–H groups in total. The summed E-state index contributed by atoms with van der Waals surface area (Å²) in [5.41, 5.74) is 4.77. The van der Waals surface area contributed by atoms with Crippen molar-refractivity contribution < 1.29 is 13.9 Å². The Labute approximate surface area is 199 Å². The lowest BCUT2D eigenvalue weighted by molar-refractivity contribution is 0.0930. The summed E-state index contributed by atoms with van der Waals surface area (Å²) in [5.74, 6) is 1.87. The fourth-order valence-electron chi connectivity index (χ4n) is 3.58. The molecule has 2 heterocycles. The smallest absolute Gasteiger partial charge is 0.268 e. The molecule has 0 bridgehead atoms. The molecular formula is C26H29N5O3. The fraction of sp³-hybridized carbons (Fsp3) is 0.308. The number of benzene rings is 2. The van der Waals surface area contributed by atoms with E-state index in [9.17, 15) is 4.79 Å². The molecule has 0 radical (unpaired) electrons. The second kappa shape index (κ2) is 9.51. The summed E-state index contributed by atoms with van der Waals surface area (Å²) in [6, 6.07) is 15.3. The topological polar surface area (TPSA) is 95.1 Å². The van der Waals surface area contributed by atoms with E-state index < -0.39 is 0 Å². The van der Waals surface area contributed by atoms with Crippen molar-refractivity contribution in [2.75, 3.05) is 7.11 Å². The molecule has 1 amide bonds. The molecule has 176 valence electrons. The number of rotatable bonds is 7. The van der Waals surface area contributed by atoms with Crippen LogP contribution >= 0.6 is 0 Å². The van der Waals surface area contributed by atoms with Gasteiger partial charge in [-0.15, -0.1) is 10.2 Å². The minimum Gasteiger partial charge on any atom is -0.497 e. The standard InChI is InChI=1S/C26H29N5O3/c1-15(2)17(4)27-25(32)20-7-11-21(12-8-20)31-24(19-9-13-22(33-6)14-10-19)16(3)23(30-31)26-29-28-18(5)34-26/h7-15,17H,1-6H3,(H,27,32). The Morgan fingerprint density at radius 2 is 1.68 bits per heavy atom. The number of aromatic nitrogens is 4. The lowest BCUT2D eigenvalue weighted by Crippen LogP contribution is -2.36. The molecule has 0 fully saturated rings. The number of nitrogens with one attached hydrogen (secondary N) is 1. The summed E-state index contributed by atoms with van der Waals surface area (Å²) in [7, 11) is 1.64. The van der Waals surface area contributed by atoms with E-state index >= 15 is 0 Å². The van der Waals surface area contributed by atoms with Gasteiger partial charge in [-0.2, -0.15) is 5.10 Å². The molecule has 0 spiro atoms. The van der Waals surface area contributed by atoms with Crippen LogP contribution in [-0.2, 0) is 0 Å². The van der Waals surface area contributed by atoms with Crippen LogP contribution in [0.4, 0.5) is 0 Å². The average Bonchev–Trinajstić information content (AvgIpc) is 3.41. The van der Waals surface area contributed by atoms with Gasteiger partial charge in [-0.25, -0.2) is 4.68 Å². The van der Waals surface area contributed by atoms with Crippen molar-refractivity contribution in [1.82, 2.24) is 25.3 Å². The molecule has 8 nitrogen and oxygen atoms in total. The van der Waals surface area contributed by atoms with Crippen molar-refractivity contribution in [2.45, 2.75) is 40.7 Å².